The molecule has 0 radical (unpaired) electrons. The Bertz CT molecular complexity index is 420. The first-order valence-electron chi connectivity index (χ1n) is 3.75. The maximum absolute atomic E-state index is 12.9. The molecule has 2 nitrogen and oxygen atoms in total. The van der Waals surface area contributed by atoms with Crippen molar-refractivity contribution < 1.29 is 18.4 Å². The summed E-state index contributed by atoms with van der Waals surface area (Å²) in [4.78, 5) is 22.9. The number of allylic oxidation sites excluding steroid dienone is 5. The quantitative estimate of drug-likeness (QED) is 0.445. The number of carbonyl (C=O) groups excluding carboxylic acids is 2. The monoisotopic (exact) mass is 322 g/mol. The first-order chi connectivity index (χ1) is 6.91. The first-order valence-corrected chi connectivity index (χ1v) is 5.00. The van der Waals surface area contributed by atoms with Crippen LogP contribution in [0.5, 0.6) is 0 Å². The van der Waals surface area contributed by atoms with Gasteiger partial charge in [0.1, 0.15) is 11.7 Å². The minimum atomic E-state index is -1.13. The number of hydrogen-bond donors (Lipinski definition) is 0. The zero-order chi connectivity index (χ0) is 11.7. The van der Waals surface area contributed by atoms with Gasteiger partial charge in [0.2, 0.25) is 11.6 Å². The molecule has 1 aliphatic rings. The van der Waals surface area contributed by atoms with Gasteiger partial charge in [0.15, 0.2) is 0 Å². The summed E-state index contributed by atoms with van der Waals surface area (Å²) in [6.07, 6.45) is 0. The van der Waals surface area contributed by atoms with Crippen molar-refractivity contribution in [2.24, 2.45) is 0 Å². The maximum atomic E-state index is 12.9. The van der Waals surface area contributed by atoms with Crippen molar-refractivity contribution in [1.82, 2.24) is 0 Å². The van der Waals surface area contributed by atoms with Crippen LogP contribution in [0.25, 0.3) is 0 Å². The average molecular weight is 322 g/mol. The second-order valence-corrected chi connectivity index (χ2v) is 3.36. The Morgan fingerprint density at radius 2 is 1.40 bits per heavy atom. The van der Waals surface area contributed by atoms with Gasteiger partial charge in [-0.3, -0.25) is 9.59 Å². The highest BCUT2D eigenvalue weighted by Gasteiger charge is 2.38. The van der Waals surface area contributed by atoms with E-state index in [1.54, 1.807) is 22.6 Å². The molecule has 0 aliphatic heterocycles. The summed E-state index contributed by atoms with van der Waals surface area (Å²) < 4.78 is 27.0. The second kappa shape index (κ2) is 4.18. The average Bonchev–Trinajstić information content (AvgIpc) is 2.37. The van der Waals surface area contributed by atoms with E-state index >= 15 is 0 Å². The van der Waals surface area contributed by atoms with Crippen molar-refractivity contribution >= 4 is 34.2 Å². The van der Waals surface area contributed by atoms with E-state index < -0.39 is 34.4 Å². The molecular weight excluding hydrogens is 317 g/mol. The summed E-state index contributed by atoms with van der Waals surface area (Å²) >= 11 is 1.65. The van der Waals surface area contributed by atoms with Crippen LogP contribution >= 0.6 is 22.6 Å². The Balaban J connectivity index is 3.50. The highest BCUT2D eigenvalue weighted by molar-refractivity contribution is 14.1. The molecule has 0 aromatic carbocycles. The fourth-order valence-corrected chi connectivity index (χ4v) is 1.78. The molecule has 5 heteroatoms. The lowest BCUT2D eigenvalue weighted by atomic mass is 10.1. The summed E-state index contributed by atoms with van der Waals surface area (Å²) in [6, 6.07) is 0. The minimum absolute atomic E-state index is 0.266. The van der Waals surface area contributed by atoms with E-state index in [2.05, 4.69) is 13.2 Å². The highest BCUT2D eigenvalue weighted by Crippen LogP contribution is 2.34. The number of ketones is 2. The van der Waals surface area contributed by atoms with Crippen LogP contribution in [-0.4, -0.2) is 11.6 Å². The van der Waals surface area contributed by atoms with Gasteiger partial charge in [0, 0.05) is 0 Å². The molecule has 1 rings (SSSR count). The molecule has 0 spiro atoms. The molecule has 0 unspecified atom stereocenters. The van der Waals surface area contributed by atoms with Gasteiger partial charge in [0.05, 0.1) is 16.7 Å². The topological polar surface area (TPSA) is 34.1 Å². The Labute approximate surface area is 98.2 Å². The maximum Gasteiger partial charge on any atom is 0.201 e. The lowest BCUT2D eigenvalue weighted by molar-refractivity contribution is -0.115. The summed E-state index contributed by atoms with van der Waals surface area (Å²) in [5, 5.41) is 0. The van der Waals surface area contributed by atoms with Gasteiger partial charge < -0.3 is 0 Å². The lowest BCUT2D eigenvalue weighted by Gasteiger charge is -1.96. The normalized spacial score (nSPS) is 16.1. The SMILES string of the molecule is C=C(F)C1=C(C(=C)F)C(=O)C(=CI)C1=O. The van der Waals surface area contributed by atoms with Crippen molar-refractivity contribution in [1.29, 1.82) is 0 Å². The molecule has 0 bridgehead atoms. The first kappa shape index (κ1) is 12.0. The summed E-state index contributed by atoms with van der Waals surface area (Å²) in [5.41, 5.74) is -1.52. The van der Waals surface area contributed by atoms with Crippen LogP contribution in [0, 0.1) is 0 Å². The van der Waals surface area contributed by atoms with Crippen LogP contribution in [0.4, 0.5) is 8.78 Å². The number of Topliss-reactive ketones (excluding diaryl/α,β-unsaturated/α-hetero) is 2. The third-order valence-corrected chi connectivity index (χ3v) is 2.47. The van der Waals surface area contributed by atoms with E-state index in [4.69, 9.17) is 0 Å². The van der Waals surface area contributed by atoms with Crippen LogP contribution in [0.15, 0.2) is 45.6 Å². The smallest absolute Gasteiger partial charge is 0.201 e. The van der Waals surface area contributed by atoms with Gasteiger partial charge in [-0.25, -0.2) is 8.78 Å². The van der Waals surface area contributed by atoms with Crippen molar-refractivity contribution in [3.8, 4) is 0 Å². The summed E-state index contributed by atoms with van der Waals surface area (Å²) in [5.74, 6) is -3.96. The van der Waals surface area contributed by atoms with Gasteiger partial charge in [-0.15, -0.1) is 0 Å². The van der Waals surface area contributed by atoms with E-state index in [0.717, 1.165) is 0 Å². The van der Waals surface area contributed by atoms with Crippen LogP contribution in [0.1, 0.15) is 0 Å². The molecular formula is C10H5F2IO2. The fraction of sp³-hybridized carbons (Fsp3) is 0. The molecule has 0 N–H and O–H groups in total. The van der Waals surface area contributed by atoms with Gasteiger partial charge in [-0.2, -0.15) is 0 Å². The minimum Gasteiger partial charge on any atom is -0.288 e. The number of hydrogen-bond acceptors (Lipinski definition) is 2. The zero-order valence-corrected chi connectivity index (χ0v) is 9.60. The Hall–Kier alpha value is -1.11. The van der Waals surface area contributed by atoms with Crippen molar-refractivity contribution in [2.75, 3.05) is 0 Å². The molecule has 0 saturated carbocycles. The summed E-state index contributed by atoms with van der Waals surface area (Å²) in [6.45, 7) is 5.78. The van der Waals surface area contributed by atoms with Crippen LogP contribution in [-0.2, 0) is 9.59 Å². The second-order valence-electron chi connectivity index (χ2n) is 2.74. The third-order valence-electron chi connectivity index (χ3n) is 1.85. The van der Waals surface area contributed by atoms with E-state index in [-0.39, 0.29) is 5.57 Å². The van der Waals surface area contributed by atoms with E-state index in [1.165, 1.54) is 4.08 Å². The molecule has 0 fully saturated rings. The molecule has 0 amide bonds. The highest BCUT2D eigenvalue weighted by atomic mass is 127. The molecule has 15 heavy (non-hydrogen) atoms. The lowest BCUT2D eigenvalue weighted by Crippen LogP contribution is -2.03. The van der Waals surface area contributed by atoms with Gasteiger partial charge in [-0.1, -0.05) is 35.7 Å². The standard InChI is InChI=1S/C10H5F2IO2/c1-4(11)7-8(5(2)12)10(15)6(3-13)9(7)14/h3H,1-2H2. The molecule has 0 saturated heterocycles. The van der Waals surface area contributed by atoms with E-state index in [1.807, 2.05) is 0 Å². The van der Waals surface area contributed by atoms with Crippen molar-refractivity contribution in [3.05, 3.63) is 45.6 Å². The Morgan fingerprint density at radius 3 is 1.60 bits per heavy atom. The van der Waals surface area contributed by atoms with Gasteiger partial charge in [-0.05, 0) is 4.08 Å². The number of rotatable bonds is 2. The largest absolute Gasteiger partial charge is 0.288 e. The fourth-order valence-electron chi connectivity index (χ4n) is 1.22. The van der Waals surface area contributed by atoms with Gasteiger partial charge in [0.25, 0.3) is 0 Å². The Kier molecular flexibility index (Phi) is 3.33. The molecule has 1 aliphatic carbocycles. The molecule has 0 aromatic heterocycles. The molecule has 0 heterocycles. The molecule has 0 atom stereocenters. The van der Waals surface area contributed by atoms with Crippen LogP contribution in [0.2, 0.25) is 0 Å². The van der Waals surface area contributed by atoms with Crippen LogP contribution < -0.4 is 0 Å². The predicted molar refractivity (Wildman–Crippen MR) is 59.6 cm³/mol. The van der Waals surface area contributed by atoms with Crippen molar-refractivity contribution in [2.45, 2.75) is 0 Å². The molecule has 0 aromatic rings. The van der Waals surface area contributed by atoms with E-state index in [0.29, 0.717) is 0 Å². The number of carbonyl (C=O) groups is 2. The van der Waals surface area contributed by atoms with Crippen LogP contribution in [0.3, 0.4) is 0 Å². The van der Waals surface area contributed by atoms with E-state index in [9.17, 15) is 18.4 Å². The Morgan fingerprint density at radius 1 is 1.07 bits per heavy atom. The molecule has 78 valence electrons. The van der Waals surface area contributed by atoms with Crippen molar-refractivity contribution in [3.63, 3.8) is 0 Å². The number of halogens is 3. The predicted octanol–water partition coefficient (Wildman–Crippen LogP) is 2.72. The third kappa shape index (κ3) is 1.83. The summed E-state index contributed by atoms with van der Waals surface area (Å²) in [7, 11) is 0. The van der Waals surface area contributed by atoms with Gasteiger partial charge >= 0.3 is 0 Å². The zero-order valence-electron chi connectivity index (χ0n) is 7.44.